The van der Waals surface area contributed by atoms with Crippen LogP contribution in [0.3, 0.4) is 0 Å². The Hall–Kier alpha value is -1.24. The summed E-state index contributed by atoms with van der Waals surface area (Å²) in [5.41, 5.74) is 1.58. The highest BCUT2D eigenvalue weighted by Crippen LogP contribution is 2.37. The minimum Gasteiger partial charge on any atom is -0.465 e. The zero-order chi connectivity index (χ0) is 17.6. The van der Waals surface area contributed by atoms with Crippen LogP contribution in [0.4, 0.5) is 4.79 Å². The Labute approximate surface area is 142 Å². The van der Waals surface area contributed by atoms with E-state index in [1.807, 2.05) is 46.8 Å². The number of hydrogen-bond acceptors (Lipinski definition) is 3. The van der Waals surface area contributed by atoms with Crippen molar-refractivity contribution in [3.8, 4) is 0 Å². The largest absolute Gasteiger partial charge is 0.495 e. The molecule has 2 rings (SSSR count). The Balaban J connectivity index is 2.33. The third kappa shape index (κ3) is 3.34. The molecule has 1 amide bonds. The molecule has 5 nitrogen and oxygen atoms in total. The van der Waals surface area contributed by atoms with E-state index in [0.29, 0.717) is 5.02 Å². The first-order valence-electron chi connectivity index (χ1n) is 7.60. The normalized spacial score (nSPS) is 20.4. The summed E-state index contributed by atoms with van der Waals surface area (Å²) >= 11 is 6.45. The molecule has 126 valence electrons. The minimum atomic E-state index is -1.08. The average Bonchev–Trinajstić information content (AvgIpc) is 2.60. The third-order valence-corrected chi connectivity index (χ3v) is 5.27. The molecule has 1 aliphatic heterocycles. The van der Waals surface area contributed by atoms with Gasteiger partial charge in [-0.3, -0.25) is 0 Å². The van der Waals surface area contributed by atoms with E-state index >= 15 is 0 Å². The lowest BCUT2D eigenvalue weighted by Gasteiger charge is -2.32. The van der Waals surface area contributed by atoms with Crippen LogP contribution in [0.15, 0.2) is 12.1 Å². The zero-order valence-corrected chi connectivity index (χ0v) is 15.1. The third-order valence-electron chi connectivity index (χ3n) is 4.77. The van der Waals surface area contributed by atoms with Gasteiger partial charge >= 0.3 is 13.2 Å². The minimum absolute atomic E-state index is 0.397. The van der Waals surface area contributed by atoms with E-state index in [0.717, 1.165) is 16.6 Å². The Kier molecular flexibility index (Phi) is 4.73. The number of carbonyl (C=O) groups is 1. The average molecular weight is 340 g/mol. The molecular formula is C16H23BClNO4. The van der Waals surface area contributed by atoms with Crippen molar-refractivity contribution in [2.75, 3.05) is 0 Å². The van der Waals surface area contributed by atoms with Crippen molar-refractivity contribution in [2.45, 2.75) is 58.8 Å². The van der Waals surface area contributed by atoms with Gasteiger partial charge in [-0.05, 0) is 58.1 Å². The highest BCUT2D eigenvalue weighted by molar-refractivity contribution is 6.63. The highest BCUT2D eigenvalue weighted by Gasteiger charge is 2.52. The second-order valence-electron chi connectivity index (χ2n) is 6.94. The molecule has 0 unspecified atom stereocenters. The van der Waals surface area contributed by atoms with Gasteiger partial charge in [-0.15, -0.1) is 0 Å². The van der Waals surface area contributed by atoms with Gasteiger partial charge in [-0.1, -0.05) is 23.7 Å². The molecule has 0 saturated carbocycles. The van der Waals surface area contributed by atoms with E-state index in [-0.39, 0.29) is 0 Å². The van der Waals surface area contributed by atoms with Crippen LogP contribution >= 0.6 is 11.6 Å². The van der Waals surface area contributed by atoms with Crippen molar-refractivity contribution >= 4 is 30.3 Å². The molecule has 0 spiro atoms. The molecule has 1 aliphatic rings. The molecular weight excluding hydrogens is 316 g/mol. The van der Waals surface area contributed by atoms with Crippen molar-refractivity contribution in [3.05, 3.63) is 28.3 Å². The fraction of sp³-hybridized carbons (Fsp3) is 0.562. The molecule has 0 bridgehead atoms. The summed E-state index contributed by atoms with van der Waals surface area (Å²) in [6.07, 6.45) is -1.08. The number of rotatable bonds is 3. The Morgan fingerprint density at radius 1 is 1.26 bits per heavy atom. The predicted octanol–water partition coefficient (Wildman–Crippen LogP) is 3.28. The van der Waals surface area contributed by atoms with Crippen molar-refractivity contribution in [1.29, 1.82) is 0 Å². The lowest BCUT2D eigenvalue weighted by atomic mass is 9.75. The first-order valence-corrected chi connectivity index (χ1v) is 7.98. The summed E-state index contributed by atoms with van der Waals surface area (Å²) < 4.78 is 12.1. The topological polar surface area (TPSA) is 67.8 Å². The Bertz CT molecular complexity index is 617. The summed E-state index contributed by atoms with van der Waals surface area (Å²) in [4.78, 5) is 10.8. The quantitative estimate of drug-likeness (QED) is 0.829. The van der Waals surface area contributed by atoms with Crippen LogP contribution in [0.25, 0.3) is 0 Å². The molecule has 0 aliphatic carbocycles. The van der Waals surface area contributed by atoms with Gasteiger partial charge in [0.2, 0.25) is 0 Å². The SMILES string of the molecule is Cc1c(B2OC(C)(C)C(C)(C)O2)ccc([C@@H](C)NC(=O)O)c1Cl. The van der Waals surface area contributed by atoms with Gasteiger partial charge in [-0.25, -0.2) is 4.79 Å². The molecule has 1 fully saturated rings. The Morgan fingerprint density at radius 2 is 1.78 bits per heavy atom. The summed E-state index contributed by atoms with van der Waals surface area (Å²) in [6.45, 7) is 11.6. The first kappa shape index (κ1) is 18.1. The first-order chi connectivity index (χ1) is 10.5. The lowest BCUT2D eigenvalue weighted by molar-refractivity contribution is 0.00578. The van der Waals surface area contributed by atoms with Crippen LogP contribution in [-0.2, 0) is 9.31 Å². The van der Waals surface area contributed by atoms with Crippen molar-refractivity contribution < 1.29 is 19.2 Å². The van der Waals surface area contributed by atoms with Crippen molar-refractivity contribution in [3.63, 3.8) is 0 Å². The van der Waals surface area contributed by atoms with Crippen LogP contribution in [0.5, 0.6) is 0 Å². The number of halogens is 1. The number of hydrogen-bond donors (Lipinski definition) is 2. The summed E-state index contributed by atoms with van der Waals surface area (Å²) in [7, 11) is -0.491. The molecule has 2 N–H and O–H groups in total. The van der Waals surface area contributed by atoms with Gasteiger partial charge < -0.3 is 19.7 Å². The molecule has 0 radical (unpaired) electrons. The molecule has 23 heavy (non-hydrogen) atoms. The van der Waals surface area contributed by atoms with Gasteiger partial charge in [-0.2, -0.15) is 0 Å². The van der Waals surface area contributed by atoms with E-state index in [9.17, 15) is 4.79 Å². The van der Waals surface area contributed by atoms with Crippen LogP contribution in [0.1, 0.15) is 51.8 Å². The van der Waals surface area contributed by atoms with Crippen LogP contribution in [0.2, 0.25) is 5.02 Å². The second-order valence-corrected chi connectivity index (χ2v) is 7.32. The van der Waals surface area contributed by atoms with E-state index < -0.39 is 30.5 Å². The number of amides is 1. The van der Waals surface area contributed by atoms with Gasteiger partial charge in [0.05, 0.1) is 17.2 Å². The van der Waals surface area contributed by atoms with E-state index in [1.54, 1.807) is 6.92 Å². The summed E-state index contributed by atoms with van der Waals surface area (Å²) in [5, 5.41) is 11.8. The zero-order valence-electron chi connectivity index (χ0n) is 14.4. The fourth-order valence-electron chi connectivity index (χ4n) is 2.54. The number of benzene rings is 1. The van der Waals surface area contributed by atoms with Crippen molar-refractivity contribution in [1.82, 2.24) is 5.32 Å². The standard InChI is InChI=1S/C16H23BClNO4/c1-9-12(17-22-15(3,4)16(5,6)23-17)8-7-11(13(9)18)10(2)19-14(20)21/h7-8,10,19H,1-6H3,(H,20,21)/t10-/m1/s1. The lowest BCUT2D eigenvalue weighted by Crippen LogP contribution is -2.41. The highest BCUT2D eigenvalue weighted by atomic mass is 35.5. The van der Waals surface area contributed by atoms with Crippen LogP contribution < -0.4 is 10.8 Å². The van der Waals surface area contributed by atoms with E-state index in [1.165, 1.54) is 0 Å². The number of carboxylic acid groups (broad SMARTS) is 1. The molecule has 1 saturated heterocycles. The van der Waals surface area contributed by atoms with Crippen molar-refractivity contribution in [2.24, 2.45) is 0 Å². The molecule has 7 heteroatoms. The summed E-state index contributed by atoms with van der Waals surface area (Å²) in [6, 6.07) is 3.31. The maximum Gasteiger partial charge on any atom is 0.495 e. The maximum absolute atomic E-state index is 10.8. The smallest absolute Gasteiger partial charge is 0.465 e. The van der Waals surface area contributed by atoms with Gasteiger partial charge in [0.25, 0.3) is 0 Å². The Morgan fingerprint density at radius 3 is 2.26 bits per heavy atom. The molecule has 1 aromatic rings. The van der Waals surface area contributed by atoms with E-state index in [4.69, 9.17) is 26.0 Å². The monoisotopic (exact) mass is 339 g/mol. The molecule has 1 heterocycles. The predicted molar refractivity (Wildman–Crippen MR) is 91.5 cm³/mol. The van der Waals surface area contributed by atoms with Gasteiger partial charge in [0.15, 0.2) is 0 Å². The maximum atomic E-state index is 10.8. The van der Waals surface area contributed by atoms with E-state index in [2.05, 4.69) is 5.32 Å². The summed E-state index contributed by atoms with van der Waals surface area (Å²) in [5.74, 6) is 0. The van der Waals surface area contributed by atoms with Crippen LogP contribution in [-0.4, -0.2) is 29.5 Å². The fourth-order valence-corrected chi connectivity index (χ4v) is 2.88. The second kappa shape index (κ2) is 6.00. The molecule has 1 atom stereocenters. The molecule has 1 aromatic carbocycles. The van der Waals surface area contributed by atoms with Gasteiger partial charge in [0, 0.05) is 5.02 Å². The number of nitrogens with one attached hydrogen (secondary N) is 1. The molecule has 0 aromatic heterocycles. The van der Waals surface area contributed by atoms with Crippen LogP contribution in [0, 0.1) is 6.92 Å². The van der Waals surface area contributed by atoms with Gasteiger partial charge in [0.1, 0.15) is 0 Å².